The maximum Gasteiger partial charge on any atom is 0.337 e. The zero-order valence-electron chi connectivity index (χ0n) is 8.62. The summed E-state index contributed by atoms with van der Waals surface area (Å²) in [5.41, 5.74) is 6.49. The van der Waals surface area contributed by atoms with E-state index in [-0.39, 0.29) is 11.1 Å². The van der Waals surface area contributed by atoms with Gasteiger partial charge in [-0.3, -0.25) is 0 Å². The summed E-state index contributed by atoms with van der Waals surface area (Å²) in [6.45, 7) is 0. The predicted octanol–water partition coefficient (Wildman–Crippen LogP) is 1.01. The molecule has 0 aromatic heterocycles. The lowest BCUT2D eigenvalue weighted by Crippen LogP contribution is -2.01. The molecule has 0 saturated heterocycles. The van der Waals surface area contributed by atoms with Gasteiger partial charge in [0.15, 0.2) is 9.84 Å². The van der Waals surface area contributed by atoms with Crippen LogP contribution in [0.15, 0.2) is 40.7 Å². The Morgan fingerprint density at radius 1 is 1.12 bits per heavy atom. The SMILES string of the molecule is Nc1ccc(C2=CS(=O)(=O)C=C2C(=O)O)cc1. The fraction of sp³-hybridized carbons (Fsp3) is 0. The van der Waals surface area contributed by atoms with Crippen LogP contribution < -0.4 is 5.73 Å². The van der Waals surface area contributed by atoms with E-state index in [1.807, 2.05) is 0 Å². The molecule has 1 aromatic carbocycles. The van der Waals surface area contributed by atoms with Gasteiger partial charge in [0.25, 0.3) is 0 Å². The van der Waals surface area contributed by atoms with Crippen LogP contribution in [0, 0.1) is 0 Å². The lowest BCUT2D eigenvalue weighted by molar-refractivity contribution is -0.132. The van der Waals surface area contributed by atoms with Crippen molar-refractivity contribution in [2.24, 2.45) is 0 Å². The second-order valence-corrected chi connectivity index (χ2v) is 5.23. The number of aliphatic carboxylic acids is 1. The van der Waals surface area contributed by atoms with Crippen molar-refractivity contribution in [1.29, 1.82) is 0 Å². The number of carboxylic acid groups (broad SMARTS) is 1. The average Bonchev–Trinajstić information content (AvgIpc) is 2.56. The molecule has 6 heteroatoms. The Balaban J connectivity index is 2.56. The molecule has 0 unspecified atom stereocenters. The summed E-state index contributed by atoms with van der Waals surface area (Å²) >= 11 is 0. The van der Waals surface area contributed by atoms with Crippen molar-refractivity contribution < 1.29 is 18.3 Å². The van der Waals surface area contributed by atoms with Crippen molar-refractivity contribution in [2.45, 2.75) is 0 Å². The molecular weight excluding hydrogens is 242 g/mol. The zero-order chi connectivity index (χ0) is 12.6. The Morgan fingerprint density at radius 2 is 1.71 bits per heavy atom. The lowest BCUT2D eigenvalue weighted by Gasteiger charge is -2.03. The molecule has 0 aliphatic carbocycles. The summed E-state index contributed by atoms with van der Waals surface area (Å²) in [5, 5.41) is 10.6. The molecule has 0 amide bonds. The van der Waals surface area contributed by atoms with Gasteiger partial charge in [0.05, 0.1) is 11.0 Å². The largest absolute Gasteiger partial charge is 0.478 e. The lowest BCUT2D eigenvalue weighted by atomic mass is 10.0. The highest BCUT2D eigenvalue weighted by Crippen LogP contribution is 2.31. The Hall–Kier alpha value is -2.08. The molecule has 3 N–H and O–H groups in total. The highest BCUT2D eigenvalue weighted by molar-refractivity contribution is 7.97. The van der Waals surface area contributed by atoms with Gasteiger partial charge in [0, 0.05) is 16.7 Å². The normalized spacial score (nSPS) is 17.4. The van der Waals surface area contributed by atoms with Crippen LogP contribution in [0.4, 0.5) is 5.69 Å². The van der Waals surface area contributed by atoms with E-state index in [0.29, 0.717) is 11.3 Å². The van der Waals surface area contributed by atoms with Gasteiger partial charge in [-0.05, 0) is 17.7 Å². The van der Waals surface area contributed by atoms with Gasteiger partial charge in [-0.15, -0.1) is 0 Å². The van der Waals surface area contributed by atoms with Gasteiger partial charge in [0.2, 0.25) is 0 Å². The molecule has 1 aliphatic heterocycles. The minimum Gasteiger partial charge on any atom is -0.478 e. The average molecular weight is 251 g/mol. The van der Waals surface area contributed by atoms with Crippen LogP contribution >= 0.6 is 0 Å². The molecule has 1 aliphatic rings. The van der Waals surface area contributed by atoms with Gasteiger partial charge in [-0.25, -0.2) is 13.2 Å². The number of nitrogens with two attached hydrogens (primary N) is 1. The molecule has 0 fully saturated rings. The maximum absolute atomic E-state index is 11.4. The molecule has 88 valence electrons. The van der Waals surface area contributed by atoms with Crippen LogP contribution in [0.25, 0.3) is 5.57 Å². The first-order chi connectivity index (χ1) is 7.89. The van der Waals surface area contributed by atoms with E-state index in [1.165, 1.54) is 0 Å². The van der Waals surface area contributed by atoms with Crippen LogP contribution in [0.2, 0.25) is 0 Å². The van der Waals surface area contributed by atoms with Crippen LogP contribution in [0.1, 0.15) is 5.56 Å². The van der Waals surface area contributed by atoms with E-state index in [0.717, 1.165) is 10.8 Å². The topological polar surface area (TPSA) is 97.5 Å². The number of carboxylic acids is 1. The fourth-order valence-electron chi connectivity index (χ4n) is 1.54. The van der Waals surface area contributed by atoms with Crippen molar-refractivity contribution in [3.8, 4) is 0 Å². The van der Waals surface area contributed by atoms with Crippen LogP contribution in [-0.2, 0) is 14.6 Å². The number of benzene rings is 1. The molecule has 17 heavy (non-hydrogen) atoms. The van der Waals surface area contributed by atoms with Crippen molar-refractivity contribution in [3.63, 3.8) is 0 Å². The summed E-state index contributed by atoms with van der Waals surface area (Å²) in [7, 11) is -3.58. The first-order valence-electron chi connectivity index (χ1n) is 4.67. The van der Waals surface area contributed by atoms with E-state index in [2.05, 4.69) is 0 Å². The van der Waals surface area contributed by atoms with E-state index in [4.69, 9.17) is 10.8 Å². The monoisotopic (exact) mass is 251 g/mol. The summed E-state index contributed by atoms with van der Waals surface area (Å²) in [6, 6.07) is 6.33. The third-order valence-corrected chi connectivity index (χ3v) is 3.43. The van der Waals surface area contributed by atoms with E-state index in [9.17, 15) is 13.2 Å². The molecule has 1 aromatic rings. The van der Waals surface area contributed by atoms with Crippen LogP contribution in [-0.4, -0.2) is 19.5 Å². The number of hydrogen-bond acceptors (Lipinski definition) is 4. The first-order valence-corrected chi connectivity index (χ1v) is 6.28. The number of rotatable bonds is 2. The molecule has 1 heterocycles. The maximum atomic E-state index is 11.4. The highest BCUT2D eigenvalue weighted by Gasteiger charge is 2.26. The molecular formula is C11H9NO4S. The minimum atomic E-state index is -3.58. The molecule has 0 saturated carbocycles. The summed E-state index contributed by atoms with van der Waals surface area (Å²) in [4.78, 5) is 10.9. The van der Waals surface area contributed by atoms with E-state index in [1.54, 1.807) is 24.3 Å². The second kappa shape index (κ2) is 3.74. The Kier molecular flexibility index (Phi) is 2.51. The predicted molar refractivity (Wildman–Crippen MR) is 63.5 cm³/mol. The molecule has 2 rings (SSSR count). The Bertz CT molecular complexity index is 639. The number of sulfone groups is 1. The van der Waals surface area contributed by atoms with Crippen molar-refractivity contribution >= 4 is 27.1 Å². The van der Waals surface area contributed by atoms with Crippen LogP contribution in [0.3, 0.4) is 0 Å². The standard InChI is InChI=1S/C11H9NO4S/c12-8-3-1-7(2-4-8)9-5-17(15,16)6-10(9)11(13)14/h1-6H,12H2,(H,13,14). The van der Waals surface area contributed by atoms with Gasteiger partial charge in [-0.1, -0.05) is 12.1 Å². The van der Waals surface area contributed by atoms with Gasteiger partial charge in [0.1, 0.15) is 0 Å². The fourth-order valence-corrected chi connectivity index (χ4v) is 2.76. The summed E-state index contributed by atoms with van der Waals surface area (Å²) in [6.07, 6.45) is 0. The van der Waals surface area contributed by atoms with Gasteiger partial charge < -0.3 is 10.8 Å². The number of hydrogen-bond donors (Lipinski definition) is 2. The zero-order valence-corrected chi connectivity index (χ0v) is 9.44. The number of carbonyl (C=O) groups is 1. The highest BCUT2D eigenvalue weighted by atomic mass is 32.2. The summed E-state index contributed by atoms with van der Waals surface area (Å²) < 4.78 is 22.7. The number of nitrogen functional groups attached to an aromatic ring is 1. The van der Waals surface area contributed by atoms with Gasteiger partial charge in [-0.2, -0.15) is 0 Å². The molecule has 0 radical (unpaired) electrons. The molecule has 5 nitrogen and oxygen atoms in total. The third-order valence-electron chi connectivity index (χ3n) is 2.31. The Morgan fingerprint density at radius 3 is 2.24 bits per heavy atom. The third kappa shape index (κ3) is 2.21. The van der Waals surface area contributed by atoms with Crippen LogP contribution in [0.5, 0.6) is 0 Å². The first kappa shape index (κ1) is 11.4. The van der Waals surface area contributed by atoms with Crippen molar-refractivity contribution in [1.82, 2.24) is 0 Å². The van der Waals surface area contributed by atoms with Gasteiger partial charge >= 0.3 is 5.97 Å². The summed E-state index contributed by atoms with van der Waals surface area (Å²) in [5.74, 6) is -1.27. The molecule has 0 atom stereocenters. The van der Waals surface area contributed by atoms with E-state index < -0.39 is 15.8 Å². The molecule has 0 spiro atoms. The minimum absolute atomic E-state index is 0.178. The smallest absolute Gasteiger partial charge is 0.337 e. The second-order valence-electron chi connectivity index (χ2n) is 3.58. The van der Waals surface area contributed by atoms with E-state index >= 15 is 0 Å². The van der Waals surface area contributed by atoms with Crippen molar-refractivity contribution in [2.75, 3.05) is 5.73 Å². The van der Waals surface area contributed by atoms with Crippen molar-refractivity contribution in [3.05, 3.63) is 46.2 Å². The molecule has 0 bridgehead atoms. The Labute approximate surface area is 97.8 Å². The number of anilines is 1. The quantitative estimate of drug-likeness (QED) is 0.764.